The summed E-state index contributed by atoms with van der Waals surface area (Å²) >= 11 is 5.51. The first-order chi connectivity index (χ1) is 16.7. The van der Waals surface area contributed by atoms with Gasteiger partial charge in [0.2, 0.25) is 0 Å². The molecule has 0 aliphatic heterocycles. The third kappa shape index (κ3) is 4.00. The Hall–Kier alpha value is -4.24. The van der Waals surface area contributed by atoms with Crippen LogP contribution in [0.1, 0.15) is 40.0 Å². The maximum atomic E-state index is 13.3. The van der Waals surface area contributed by atoms with Crippen LogP contribution in [-0.2, 0) is 0 Å². The predicted molar refractivity (Wildman–Crippen MR) is 139 cm³/mol. The first-order valence-corrected chi connectivity index (χ1v) is 11.5. The zero-order chi connectivity index (χ0) is 24.9. The molecule has 0 radical (unpaired) electrons. The number of aromatic amines is 3. The monoisotopic (exact) mass is 485 g/mol. The van der Waals surface area contributed by atoms with Crippen molar-refractivity contribution in [1.29, 1.82) is 0 Å². The number of hydrogen-bond acceptors (Lipinski definition) is 4. The number of amides is 1. The van der Waals surface area contributed by atoms with Gasteiger partial charge in [0.05, 0.1) is 33.7 Å². The van der Waals surface area contributed by atoms with Gasteiger partial charge in [0, 0.05) is 5.56 Å². The molecule has 9 heteroatoms. The van der Waals surface area contributed by atoms with Crippen molar-refractivity contribution in [2.45, 2.75) is 26.8 Å². The Morgan fingerprint density at radius 1 is 0.943 bits per heavy atom. The maximum absolute atomic E-state index is 13.3. The Morgan fingerprint density at radius 3 is 2.51 bits per heavy atom. The lowest BCUT2D eigenvalue weighted by Crippen LogP contribution is -2.27. The lowest BCUT2D eigenvalue weighted by Gasteiger charge is -2.15. The van der Waals surface area contributed by atoms with E-state index in [1.165, 1.54) is 4.57 Å². The summed E-state index contributed by atoms with van der Waals surface area (Å²) in [5, 5.41) is 3.40. The van der Waals surface area contributed by atoms with E-state index in [0.29, 0.717) is 27.5 Å². The second kappa shape index (κ2) is 8.52. The van der Waals surface area contributed by atoms with E-state index >= 15 is 0 Å². The first-order valence-electron chi connectivity index (χ1n) is 11.1. The molecular formula is C26H23N5O3S. The van der Waals surface area contributed by atoms with E-state index < -0.39 is 0 Å². The summed E-state index contributed by atoms with van der Waals surface area (Å²) in [4.78, 5) is 46.3. The zero-order valence-corrected chi connectivity index (χ0v) is 20.2. The topological polar surface area (TPSA) is 116 Å². The Labute approximate surface area is 204 Å². The smallest absolute Gasteiger partial charge is 0.323 e. The van der Waals surface area contributed by atoms with Crippen molar-refractivity contribution in [1.82, 2.24) is 24.8 Å². The molecule has 2 aromatic heterocycles. The van der Waals surface area contributed by atoms with Crippen LogP contribution in [0, 0.1) is 18.6 Å². The molecule has 176 valence electrons. The second-order valence-electron chi connectivity index (χ2n) is 8.63. The van der Waals surface area contributed by atoms with Gasteiger partial charge in [-0.05, 0) is 86.1 Å². The second-order valence-corrected chi connectivity index (χ2v) is 9.02. The van der Waals surface area contributed by atoms with Gasteiger partial charge < -0.3 is 20.3 Å². The van der Waals surface area contributed by atoms with Crippen LogP contribution in [-0.4, -0.2) is 25.4 Å². The number of nitrogens with one attached hydrogen (secondary N) is 4. The van der Waals surface area contributed by atoms with Gasteiger partial charge >= 0.3 is 5.69 Å². The largest absolute Gasteiger partial charge is 0.346 e. The molecule has 2 heterocycles. The minimum absolute atomic E-state index is 0.244. The minimum Gasteiger partial charge on any atom is -0.346 e. The summed E-state index contributed by atoms with van der Waals surface area (Å²) in [6, 6.07) is 15.8. The van der Waals surface area contributed by atoms with Gasteiger partial charge in [-0.1, -0.05) is 18.2 Å². The van der Waals surface area contributed by atoms with Crippen LogP contribution in [0.2, 0.25) is 0 Å². The van der Waals surface area contributed by atoms with E-state index in [-0.39, 0.29) is 28.0 Å². The van der Waals surface area contributed by atoms with Crippen LogP contribution < -0.4 is 16.6 Å². The highest BCUT2D eigenvalue weighted by molar-refractivity contribution is 7.71. The molecule has 1 atom stereocenters. The number of aromatic nitrogens is 4. The highest BCUT2D eigenvalue weighted by Crippen LogP contribution is 2.20. The Balaban J connectivity index is 1.47. The Kier molecular flexibility index (Phi) is 5.49. The van der Waals surface area contributed by atoms with Crippen LogP contribution in [0.15, 0.2) is 64.2 Å². The van der Waals surface area contributed by atoms with Crippen molar-refractivity contribution in [3.05, 3.63) is 102 Å². The predicted octanol–water partition coefficient (Wildman–Crippen LogP) is 4.33. The number of fused-ring (bicyclic) bond motifs is 2. The average molecular weight is 486 g/mol. The van der Waals surface area contributed by atoms with E-state index in [2.05, 4.69) is 20.3 Å². The number of imidazole rings is 1. The SMILES string of the molecule is Cc1cccc(-n2c(=S)[nH]c3cc(C(=O)NC(C)c4ccc5[nH]c(=O)[nH]c5c4)ccc3c2=O)c1C. The highest BCUT2D eigenvalue weighted by atomic mass is 32.1. The summed E-state index contributed by atoms with van der Waals surface area (Å²) < 4.78 is 1.75. The third-order valence-corrected chi connectivity index (χ3v) is 6.65. The summed E-state index contributed by atoms with van der Waals surface area (Å²) in [6.45, 7) is 5.80. The van der Waals surface area contributed by atoms with Crippen molar-refractivity contribution in [3.8, 4) is 5.69 Å². The zero-order valence-electron chi connectivity index (χ0n) is 19.4. The van der Waals surface area contributed by atoms with Crippen LogP contribution >= 0.6 is 12.2 Å². The standard InChI is InChI=1S/C26H23N5O3S/c1-13-5-4-6-22(14(13)2)31-24(33)18-9-7-17(12-20(18)30-26(31)35)23(32)27-15(3)16-8-10-19-21(11-16)29-25(34)28-19/h4-12,15H,1-3H3,(H,27,32)(H,30,35)(H2,28,29,34). The molecule has 0 aliphatic rings. The van der Waals surface area contributed by atoms with Gasteiger partial charge in [0.25, 0.3) is 11.5 Å². The van der Waals surface area contributed by atoms with Crippen molar-refractivity contribution < 1.29 is 4.79 Å². The quantitative estimate of drug-likeness (QED) is 0.284. The first kappa shape index (κ1) is 22.5. The molecule has 4 N–H and O–H groups in total. The lowest BCUT2D eigenvalue weighted by molar-refractivity contribution is 0.0940. The number of H-pyrrole nitrogens is 3. The molecule has 0 fully saturated rings. The molecule has 0 saturated heterocycles. The molecule has 0 bridgehead atoms. The van der Waals surface area contributed by atoms with Crippen molar-refractivity contribution in [3.63, 3.8) is 0 Å². The fourth-order valence-electron chi connectivity index (χ4n) is 4.24. The van der Waals surface area contributed by atoms with Gasteiger partial charge in [0.15, 0.2) is 4.77 Å². The van der Waals surface area contributed by atoms with Crippen LogP contribution in [0.3, 0.4) is 0 Å². The van der Waals surface area contributed by atoms with Gasteiger partial charge in [0.1, 0.15) is 0 Å². The van der Waals surface area contributed by atoms with Crippen LogP contribution in [0.25, 0.3) is 27.6 Å². The molecule has 1 amide bonds. The average Bonchev–Trinajstić information content (AvgIpc) is 3.20. The molecule has 35 heavy (non-hydrogen) atoms. The maximum Gasteiger partial charge on any atom is 0.323 e. The Bertz CT molecular complexity index is 1810. The lowest BCUT2D eigenvalue weighted by atomic mass is 10.1. The minimum atomic E-state index is -0.309. The van der Waals surface area contributed by atoms with Crippen LogP contribution in [0.4, 0.5) is 0 Å². The van der Waals surface area contributed by atoms with Crippen molar-refractivity contribution in [2.75, 3.05) is 0 Å². The molecule has 1 unspecified atom stereocenters. The molecule has 0 aliphatic carbocycles. The highest BCUT2D eigenvalue weighted by Gasteiger charge is 2.15. The molecular weight excluding hydrogens is 462 g/mol. The normalized spacial score (nSPS) is 12.2. The van der Waals surface area contributed by atoms with Gasteiger partial charge in [-0.3, -0.25) is 14.2 Å². The number of hydrogen-bond donors (Lipinski definition) is 4. The van der Waals surface area contributed by atoms with Gasteiger partial charge in [-0.15, -0.1) is 0 Å². The van der Waals surface area contributed by atoms with Gasteiger partial charge in [-0.2, -0.15) is 0 Å². The number of rotatable bonds is 4. The van der Waals surface area contributed by atoms with E-state index in [1.54, 1.807) is 24.3 Å². The fourth-order valence-corrected chi connectivity index (χ4v) is 4.53. The number of carbonyl (C=O) groups is 1. The molecule has 0 spiro atoms. The summed E-state index contributed by atoms with van der Waals surface area (Å²) in [6.07, 6.45) is 0. The Morgan fingerprint density at radius 2 is 1.71 bits per heavy atom. The molecule has 5 aromatic rings. The van der Waals surface area contributed by atoms with E-state index in [1.807, 2.05) is 51.1 Å². The number of aryl methyl sites for hydroxylation is 1. The fraction of sp³-hybridized carbons (Fsp3) is 0.154. The van der Waals surface area contributed by atoms with Crippen molar-refractivity contribution >= 4 is 40.1 Å². The van der Waals surface area contributed by atoms with E-state index in [0.717, 1.165) is 22.4 Å². The number of carbonyl (C=O) groups excluding carboxylic acids is 1. The van der Waals surface area contributed by atoms with Crippen molar-refractivity contribution in [2.24, 2.45) is 0 Å². The summed E-state index contributed by atoms with van der Waals surface area (Å²) in [7, 11) is 0. The number of nitrogens with zero attached hydrogens (tertiary/aromatic N) is 1. The molecule has 8 nitrogen and oxygen atoms in total. The summed E-state index contributed by atoms with van der Waals surface area (Å²) in [5.41, 5.74) is 5.36. The van der Waals surface area contributed by atoms with Gasteiger partial charge in [-0.25, -0.2) is 4.79 Å². The molecule has 5 rings (SSSR count). The van der Waals surface area contributed by atoms with E-state index in [9.17, 15) is 14.4 Å². The van der Waals surface area contributed by atoms with Crippen LogP contribution in [0.5, 0.6) is 0 Å². The molecule has 3 aromatic carbocycles. The summed E-state index contributed by atoms with van der Waals surface area (Å²) in [5.74, 6) is -0.292. The molecule has 0 saturated carbocycles. The third-order valence-electron chi connectivity index (χ3n) is 6.36. The van der Waals surface area contributed by atoms with E-state index in [4.69, 9.17) is 12.2 Å². The number of benzene rings is 3.